The average Bonchev–Trinajstić information content (AvgIpc) is 3.44. The number of halogens is 1. The van der Waals surface area contributed by atoms with Gasteiger partial charge in [-0.05, 0) is 30.3 Å². The van der Waals surface area contributed by atoms with Crippen LogP contribution in [0, 0.1) is 5.82 Å². The van der Waals surface area contributed by atoms with E-state index in [9.17, 15) is 9.18 Å². The number of furan rings is 1. The maximum absolute atomic E-state index is 13.5. The van der Waals surface area contributed by atoms with Crippen LogP contribution in [0.5, 0.6) is 0 Å². The van der Waals surface area contributed by atoms with Crippen molar-refractivity contribution in [2.75, 3.05) is 7.05 Å². The van der Waals surface area contributed by atoms with Gasteiger partial charge in [-0.2, -0.15) is 5.10 Å². The lowest BCUT2D eigenvalue weighted by Gasteiger charge is -2.03. The Hall–Kier alpha value is -4.33. The molecule has 158 valence electrons. The van der Waals surface area contributed by atoms with Gasteiger partial charge in [-0.1, -0.05) is 30.3 Å². The number of nitrogens with one attached hydrogen (secondary N) is 1. The van der Waals surface area contributed by atoms with Gasteiger partial charge in [0, 0.05) is 29.9 Å². The molecule has 3 heterocycles. The molecule has 0 saturated heterocycles. The van der Waals surface area contributed by atoms with Crippen LogP contribution in [0.25, 0.3) is 44.9 Å². The molecule has 0 spiro atoms. The zero-order valence-corrected chi connectivity index (χ0v) is 17.1. The first-order valence-corrected chi connectivity index (χ1v) is 9.96. The zero-order valence-electron chi connectivity index (χ0n) is 17.1. The summed E-state index contributed by atoms with van der Waals surface area (Å²) >= 11 is 0. The second kappa shape index (κ2) is 8.07. The molecule has 0 atom stereocenters. The van der Waals surface area contributed by atoms with Crippen molar-refractivity contribution in [3.8, 4) is 33.8 Å². The number of hydrogen-bond acceptors (Lipinski definition) is 5. The number of nitrogens with zero attached hydrogens (tertiary/aromatic N) is 4. The molecule has 3 aromatic heterocycles. The highest BCUT2D eigenvalue weighted by atomic mass is 19.1. The molecule has 1 N–H and O–H groups in total. The predicted molar refractivity (Wildman–Crippen MR) is 118 cm³/mol. The summed E-state index contributed by atoms with van der Waals surface area (Å²) in [5, 5.41) is 7.90. The van der Waals surface area contributed by atoms with E-state index in [1.54, 1.807) is 30.1 Å². The SMILES string of the molecule is CNC(=O)Cn1cc(-c2ncnc3oc(-c4ccccc4)cc23)c(-c2ccc(F)cc2)n1. The van der Waals surface area contributed by atoms with Crippen molar-refractivity contribution in [2.24, 2.45) is 0 Å². The molecule has 0 aliphatic heterocycles. The fourth-order valence-corrected chi connectivity index (χ4v) is 3.54. The molecule has 7 nitrogen and oxygen atoms in total. The molecule has 5 aromatic rings. The fourth-order valence-electron chi connectivity index (χ4n) is 3.54. The molecular weight excluding hydrogens is 409 g/mol. The monoisotopic (exact) mass is 427 g/mol. The number of hydrogen-bond donors (Lipinski definition) is 1. The molecule has 5 rings (SSSR count). The Kier molecular flexibility index (Phi) is 4.95. The van der Waals surface area contributed by atoms with Crippen molar-refractivity contribution in [1.82, 2.24) is 25.1 Å². The van der Waals surface area contributed by atoms with Gasteiger partial charge in [0.15, 0.2) is 0 Å². The molecule has 0 unspecified atom stereocenters. The van der Waals surface area contributed by atoms with Gasteiger partial charge < -0.3 is 9.73 Å². The number of benzene rings is 2. The van der Waals surface area contributed by atoms with Gasteiger partial charge in [-0.3, -0.25) is 9.48 Å². The number of aromatic nitrogens is 4. The van der Waals surface area contributed by atoms with E-state index in [0.29, 0.717) is 39.4 Å². The molecule has 32 heavy (non-hydrogen) atoms. The van der Waals surface area contributed by atoms with Crippen molar-refractivity contribution in [3.05, 3.63) is 79.0 Å². The first-order chi connectivity index (χ1) is 15.6. The molecule has 0 aliphatic carbocycles. The van der Waals surface area contributed by atoms with E-state index < -0.39 is 0 Å². The summed E-state index contributed by atoms with van der Waals surface area (Å²) in [6, 6.07) is 17.7. The Morgan fingerprint density at radius 2 is 1.81 bits per heavy atom. The Labute approximate surface area is 182 Å². The normalized spacial score (nSPS) is 11.1. The number of carbonyl (C=O) groups is 1. The molecule has 0 aliphatic rings. The first-order valence-electron chi connectivity index (χ1n) is 9.96. The Bertz CT molecular complexity index is 1410. The van der Waals surface area contributed by atoms with Crippen molar-refractivity contribution in [1.29, 1.82) is 0 Å². The molecule has 0 saturated carbocycles. The van der Waals surface area contributed by atoms with Gasteiger partial charge in [0.25, 0.3) is 0 Å². The van der Waals surface area contributed by atoms with Crippen molar-refractivity contribution in [3.63, 3.8) is 0 Å². The van der Waals surface area contributed by atoms with Gasteiger partial charge in [0.2, 0.25) is 11.6 Å². The Morgan fingerprint density at radius 1 is 1.03 bits per heavy atom. The maximum Gasteiger partial charge on any atom is 0.241 e. The third-order valence-electron chi connectivity index (χ3n) is 5.11. The van der Waals surface area contributed by atoms with Crippen LogP contribution in [0.4, 0.5) is 4.39 Å². The van der Waals surface area contributed by atoms with Gasteiger partial charge in [-0.25, -0.2) is 14.4 Å². The number of rotatable bonds is 5. The number of likely N-dealkylation sites (N-methyl/N-ethyl adjacent to an activating group) is 1. The molecule has 2 aromatic carbocycles. The molecule has 0 fully saturated rings. The predicted octanol–water partition coefficient (Wildman–Crippen LogP) is 4.31. The maximum atomic E-state index is 13.5. The van der Waals surface area contributed by atoms with Gasteiger partial charge >= 0.3 is 0 Å². The third kappa shape index (κ3) is 3.62. The summed E-state index contributed by atoms with van der Waals surface area (Å²) in [5.41, 5.74) is 3.95. The number of amides is 1. The highest BCUT2D eigenvalue weighted by Gasteiger charge is 2.20. The summed E-state index contributed by atoms with van der Waals surface area (Å²) in [6.45, 7) is 0.0412. The second-order valence-corrected chi connectivity index (χ2v) is 7.19. The van der Waals surface area contributed by atoms with Crippen molar-refractivity contribution in [2.45, 2.75) is 6.54 Å². The zero-order chi connectivity index (χ0) is 22.1. The van der Waals surface area contributed by atoms with E-state index >= 15 is 0 Å². The fraction of sp³-hybridized carbons (Fsp3) is 0.0833. The van der Waals surface area contributed by atoms with E-state index in [1.165, 1.54) is 18.5 Å². The van der Waals surface area contributed by atoms with Gasteiger partial charge in [0.05, 0.1) is 11.1 Å². The minimum atomic E-state index is -0.341. The average molecular weight is 427 g/mol. The van der Waals surface area contributed by atoms with Crippen LogP contribution in [-0.2, 0) is 11.3 Å². The largest absolute Gasteiger partial charge is 0.438 e. The lowest BCUT2D eigenvalue weighted by molar-refractivity contribution is -0.121. The molecule has 0 radical (unpaired) electrons. The van der Waals surface area contributed by atoms with E-state index in [2.05, 4.69) is 20.4 Å². The third-order valence-corrected chi connectivity index (χ3v) is 5.11. The van der Waals surface area contributed by atoms with E-state index in [4.69, 9.17) is 4.42 Å². The topological polar surface area (TPSA) is 85.8 Å². The number of carbonyl (C=O) groups excluding carboxylic acids is 1. The Morgan fingerprint density at radius 3 is 2.56 bits per heavy atom. The van der Waals surface area contributed by atoms with E-state index in [-0.39, 0.29) is 18.3 Å². The molecular formula is C24H18FN5O2. The summed E-state index contributed by atoms with van der Waals surface area (Å²) in [4.78, 5) is 20.7. The highest BCUT2D eigenvalue weighted by molar-refractivity contribution is 5.96. The smallest absolute Gasteiger partial charge is 0.241 e. The minimum Gasteiger partial charge on any atom is -0.438 e. The molecule has 1 amide bonds. The van der Waals surface area contributed by atoms with Crippen molar-refractivity contribution < 1.29 is 13.6 Å². The number of fused-ring (bicyclic) bond motifs is 1. The summed E-state index contributed by atoms with van der Waals surface area (Å²) in [6.07, 6.45) is 3.19. The second-order valence-electron chi connectivity index (χ2n) is 7.19. The van der Waals surface area contributed by atoms with Crippen LogP contribution in [0.1, 0.15) is 0 Å². The molecule has 0 bridgehead atoms. The lowest BCUT2D eigenvalue weighted by atomic mass is 10.0. The van der Waals surface area contributed by atoms with Gasteiger partial charge in [0.1, 0.15) is 30.1 Å². The lowest BCUT2D eigenvalue weighted by Crippen LogP contribution is -2.23. The summed E-state index contributed by atoms with van der Waals surface area (Å²) in [7, 11) is 1.57. The van der Waals surface area contributed by atoms with Crippen LogP contribution < -0.4 is 5.32 Å². The first kappa shape index (κ1) is 19.6. The van der Waals surface area contributed by atoms with Crippen LogP contribution in [0.15, 0.2) is 77.6 Å². The van der Waals surface area contributed by atoms with Crippen LogP contribution >= 0.6 is 0 Å². The Balaban J connectivity index is 1.68. The quantitative estimate of drug-likeness (QED) is 0.452. The van der Waals surface area contributed by atoms with E-state index in [1.807, 2.05) is 36.4 Å². The van der Waals surface area contributed by atoms with Crippen molar-refractivity contribution >= 4 is 17.0 Å². The van der Waals surface area contributed by atoms with Crippen LogP contribution in [0.3, 0.4) is 0 Å². The van der Waals surface area contributed by atoms with Gasteiger partial charge in [-0.15, -0.1) is 0 Å². The van der Waals surface area contributed by atoms with Crippen LogP contribution in [-0.4, -0.2) is 32.7 Å². The standard InChI is InChI=1S/C24H18FN5O2/c1-26-21(31)13-30-12-19(22(29-30)16-7-9-17(25)10-8-16)23-18-11-20(15-5-3-2-4-6-15)32-24(18)28-14-27-23/h2-12,14H,13H2,1H3,(H,26,31). The minimum absolute atomic E-state index is 0.0412. The summed E-state index contributed by atoms with van der Waals surface area (Å²) < 4.78 is 21.0. The van der Waals surface area contributed by atoms with Crippen LogP contribution in [0.2, 0.25) is 0 Å². The highest BCUT2D eigenvalue weighted by Crippen LogP contribution is 2.36. The summed E-state index contributed by atoms with van der Waals surface area (Å²) in [5.74, 6) is 0.141. The molecule has 8 heteroatoms. The van der Waals surface area contributed by atoms with E-state index in [0.717, 1.165) is 5.56 Å².